The predicted octanol–water partition coefficient (Wildman–Crippen LogP) is 2.86. The molecule has 1 aliphatic carbocycles. The number of methoxy groups -OCH3 is 1. The van der Waals surface area contributed by atoms with Crippen molar-refractivity contribution in [1.82, 2.24) is 5.32 Å². The van der Waals surface area contributed by atoms with Gasteiger partial charge in [0.1, 0.15) is 0 Å². The summed E-state index contributed by atoms with van der Waals surface area (Å²) < 4.78 is 11.3. The van der Waals surface area contributed by atoms with Gasteiger partial charge in [-0.2, -0.15) is 0 Å². The molecule has 2 aliphatic rings. The van der Waals surface area contributed by atoms with Gasteiger partial charge in [0, 0.05) is 7.11 Å². The van der Waals surface area contributed by atoms with Crippen molar-refractivity contribution in [3.63, 3.8) is 0 Å². The third kappa shape index (κ3) is 3.27. The number of likely N-dealkylation sites (N-methyl/N-ethyl adjacent to an activating group) is 1. The molecule has 0 aromatic heterocycles. The van der Waals surface area contributed by atoms with Crippen molar-refractivity contribution in [3.05, 3.63) is 11.8 Å². The zero-order valence-electron chi connectivity index (χ0n) is 11.8. The molecule has 0 spiro atoms. The lowest BCUT2D eigenvalue weighted by Gasteiger charge is -2.36. The maximum Gasteiger partial charge on any atom is 0.0876 e. The highest BCUT2D eigenvalue weighted by Crippen LogP contribution is 2.32. The fraction of sp³-hybridized carbons (Fsp3) is 0.867. The molecule has 104 valence electrons. The van der Waals surface area contributed by atoms with E-state index in [2.05, 4.69) is 5.32 Å². The van der Waals surface area contributed by atoms with E-state index in [0.717, 1.165) is 19.4 Å². The van der Waals surface area contributed by atoms with Gasteiger partial charge in [-0.15, -0.1) is 0 Å². The Bertz CT molecular complexity index is 272. The summed E-state index contributed by atoms with van der Waals surface area (Å²) in [5.41, 5.74) is 1.38. The first-order chi connectivity index (χ1) is 8.86. The van der Waals surface area contributed by atoms with E-state index in [1.165, 1.54) is 37.7 Å². The lowest BCUT2D eigenvalue weighted by atomic mass is 9.80. The average Bonchev–Trinajstić information content (AvgIpc) is 2.46. The number of hydrogen-bond acceptors (Lipinski definition) is 3. The molecular formula is C15H27NO2. The molecule has 0 radical (unpaired) electrons. The van der Waals surface area contributed by atoms with Crippen molar-refractivity contribution in [3.8, 4) is 0 Å². The van der Waals surface area contributed by atoms with Crippen LogP contribution in [0.1, 0.15) is 44.9 Å². The Morgan fingerprint density at radius 2 is 2.06 bits per heavy atom. The van der Waals surface area contributed by atoms with E-state index in [4.69, 9.17) is 9.47 Å². The average molecular weight is 253 g/mol. The minimum atomic E-state index is 0.295. The van der Waals surface area contributed by atoms with Gasteiger partial charge >= 0.3 is 0 Å². The van der Waals surface area contributed by atoms with Crippen LogP contribution in [0.2, 0.25) is 0 Å². The molecule has 1 fully saturated rings. The summed E-state index contributed by atoms with van der Waals surface area (Å²) in [5.74, 6) is 0.698. The summed E-state index contributed by atoms with van der Waals surface area (Å²) in [6.45, 7) is 0.862. The maximum absolute atomic E-state index is 5.84. The summed E-state index contributed by atoms with van der Waals surface area (Å²) >= 11 is 0. The summed E-state index contributed by atoms with van der Waals surface area (Å²) in [6.07, 6.45) is 11.2. The van der Waals surface area contributed by atoms with E-state index in [-0.39, 0.29) is 0 Å². The Morgan fingerprint density at radius 1 is 1.28 bits per heavy atom. The fourth-order valence-electron chi connectivity index (χ4n) is 3.44. The lowest BCUT2D eigenvalue weighted by molar-refractivity contribution is 0.0160. The molecule has 3 heteroatoms. The highest BCUT2D eigenvalue weighted by molar-refractivity contribution is 5.13. The molecule has 2 rings (SSSR count). The van der Waals surface area contributed by atoms with Gasteiger partial charge < -0.3 is 14.8 Å². The van der Waals surface area contributed by atoms with Crippen molar-refractivity contribution in [2.24, 2.45) is 5.92 Å². The molecular weight excluding hydrogens is 226 g/mol. The van der Waals surface area contributed by atoms with E-state index < -0.39 is 0 Å². The number of rotatable bonds is 5. The third-order valence-electron chi connectivity index (χ3n) is 4.39. The lowest BCUT2D eigenvalue weighted by Crippen LogP contribution is -2.45. The third-order valence-corrected chi connectivity index (χ3v) is 4.39. The van der Waals surface area contributed by atoms with Gasteiger partial charge in [0.15, 0.2) is 0 Å². The van der Waals surface area contributed by atoms with Crippen molar-refractivity contribution in [1.29, 1.82) is 0 Å². The second kappa shape index (κ2) is 7.15. The second-order valence-corrected chi connectivity index (χ2v) is 5.53. The standard InChI is InChI=1S/C15H27NO2/c1-16-14(13-9-6-10-18-11-13)15(17-2)12-7-4-3-5-8-12/h11-12,14-16H,3-10H2,1-2H3. The van der Waals surface area contributed by atoms with E-state index in [0.29, 0.717) is 18.1 Å². The van der Waals surface area contributed by atoms with E-state index in [1.54, 1.807) is 0 Å². The molecule has 1 N–H and O–H groups in total. The summed E-state index contributed by atoms with van der Waals surface area (Å²) in [5, 5.41) is 3.45. The Kier molecular flexibility index (Phi) is 5.51. The zero-order chi connectivity index (χ0) is 12.8. The van der Waals surface area contributed by atoms with E-state index in [1.807, 2.05) is 20.4 Å². The van der Waals surface area contributed by atoms with Crippen molar-refractivity contribution in [2.45, 2.75) is 57.1 Å². The van der Waals surface area contributed by atoms with Crippen molar-refractivity contribution >= 4 is 0 Å². The molecule has 0 saturated heterocycles. The van der Waals surface area contributed by atoms with E-state index >= 15 is 0 Å². The molecule has 0 bridgehead atoms. The van der Waals surface area contributed by atoms with Crippen molar-refractivity contribution < 1.29 is 9.47 Å². The highest BCUT2D eigenvalue weighted by atomic mass is 16.5. The molecule has 2 atom stereocenters. The van der Waals surface area contributed by atoms with Crippen LogP contribution in [-0.4, -0.2) is 32.9 Å². The minimum Gasteiger partial charge on any atom is -0.501 e. The molecule has 0 aromatic rings. The van der Waals surface area contributed by atoms with Crippen LogP contribution in [0, 0.1) is 5.92 Å². The van der Waals surface area contributed by atoms with Crippen LogP contribution < -0.4 is 5.32 Å². The van der Waals surface area contributed by atoms with Crippen LogP contribution in [0.15, 0.2) is 11.8 Å². The SMILES string of the molecule is CNC(C1=COCCC1)C(OC)C1CCCCC1. The normalized spacial score (nSPS) is 25.1. The molecule has 3 nitrogen and oxygen atoms in total. The first-order valence-electron chi connectivity index (χ1n) is 7.37. The van der Waals surface area contributed by atoms with Gasteiger partial charge in [0.2, 0.25) is 0 Å². The largest absolute Gasteiger partial charge is 0.501 e. The molecule has 1 heterocycles. The smallest absolute Gasteiger partial charge is 0.0876 e. The van der Waals surface area contributed by atoms with Crippen LogP contribution in [0.5, 0.6) is 0 Å². The van der Waals surface area contributed by atoms with Crippen LogP contribution in [0.3, 0.4) is 0 Å². The van der Waals surface area contributed by atoms with Gasteiger partial charge in [0.25, 0.3) is 0 Å². The van der Waals surface area contributed by atoms with E-state index in [9.17, 15) is 0 Å². The number of ether oxygens (including phenoxy) is 2. The van der Waals surface area contributed by atoms with Crippen molar-refractivity contribution in [2.75, 3.05) is 20.8 Å². The molecule has 0 amide bonds. The topological polar surface area (TPSA) is 30.5 Å². The summed E-state index contributed by atoms with van der Waals surface area (Å²) in [4.78, 5) is 0. The van der Waals surface area contributed by atoms with Gasteiger partial charge in [0.05, 0.1) is 25.0 Å². The zero-order valence-corrected chi connectivity index (χ0v) is 11.8. The van der Waals surface area contributed by atoms with Gasteiger partial charge in [-0.25, -0.2) is 0 Å². The summed E-state index contributed by atoms with van der Waals surface area (Å²) in [6, 6.07) is 0.318. The summed E-state index contributed by atoms with van der Waals surface area (Å²) in [7, 11) is 3.89. The van der Waals surface area contributed by atoms with Gasteiger partial charge in [-0.05, 0) is 44.2 Å². The first-order valence-corrected chi connectivity index (χ1v) is 7.37. The Balaban J connectivity index is 2.04. The Labute approximate surface area is 111 Å². The predicted molar refractivity (Wildman–Crippen MR) is 73.5 cm³/mol. The monoisotopic (exact) mass is 253 g/mol. The minimum absolute atomic E-state index is 0.295. The molecule has 2 unspecified atom stereocenters. The fourth-order valence-corrected chi connectivity index (χ4v) is 3.44. The molecule has 1 aliphatic heterocycles. The maximum atomic E-state index is 5.84. The van der Waals surface area contributed by atoms with Crippen LogP contribution in [0.4, 0.5) is 0 Å². The van der Waals surface area contributed by atoms with Crippen LogP contribution in [-0.2, 0) is 9.47 Å². The van der Waals surface area contributed by atoms with Gasteiger partial charge in [-0.3, -0.25) is 0 Å². The van der Waals surface area contributed by atoms with Gasteiger partial charge in [-0.1, -0.05) is 19.3 Å². The number of nitrogens with one attached hydrogen (secondary N) is 1. The highest BCUT2D eigenvalue weighted by Gasteiger charge is 2.32. The van der Waals surface area contributed by atoms with Crippen LogP contribution >= 0.6 is 0 Å². The molecule has 1 saturated carbocycles. The number of hydrogen-bond donors (Lipinski definition) is 1. The molecule has 18 heavy (non-hydrogen) atoms. The first kappa shape index (κ1) is 13.9. The Morgan fingerprint density at radius 3 is 2.61 bits per heavy atom. The van der Waals surface area contributed by atoms with Crippen LogP contribution in [0.25, 0.3) is 0 Å². The second-order valence-electron chi connectivity index (χ2n) is 5.53. The quantitative estimate of drug-likeness (QED) is 0.817. The molecule has 0 aromatic carbocycles. The Hall–Kier alpha value is -0.540.